The number of carbonyl (C=O) groups is 1. The van der Waals surface area contributed by atoms with E-state index in [4.69, 9.17) is 14.6 Å². The first-order valence-electron chi connectivity index (χ1n) is 9.82. The topological polar surface area (TPSA) is 146 Å². The number of ether oxygens (including phenoxy) is 2. The zero-order valence-corrected chi connectivity index (χ0v) is 19.2. The molecule has 0 atom stereocenters. The molecule has 33 heavy (non-hydrogen) atoms. The van der Waals surface area contributed by atoms with Crippen LogP contribution < -0.4 is 15.4 Å². The van der Waals surface area contributed by atoms with Crippen molar-refractivity contribution in [2.75, 3.05) is 14.2 Å². The number of hydrogen-bond donors (Lipinski definition) is 2. The fourth-order valence-corrected chi connectivity index (χ4v) is 3.70. The van der Waals surface area contributed by atoms with Gasteiger partial charge in [0.15, 0.2) is 0 Å². The molecule has 10 nitrogen and oxygen atoms in total. The Hall–Kier alpha value is -3.70. The fourth-order valence-electron chi connectivity index (χ4n) is 3.19. The first kappa shape index (κ1) is 24.0. The van der Waals surface area contributed by atoms with Crippen LogP contribution in [0, 0.1) is 0 Å². The van der Waals surface area contributed by atoms with Gasteiger partial charge in [-0.25, -0.2) is 18.2 Å². The molecule has 0 spiro atoms. The average molecular weight is 473 g/mol. The van der Waals surface area contributed by atoms with E-state index in [1.165, 1.54) is 23.9 Å². The summed E-state index contributed by atoms with van der Waals surface area (Å²) in [7, 11) is -0.966. The lowest BCUT2D eigenvalue weighted by Gasteiger charge is -2.04. The van der Waals surface area contributed by atoms with Gasteiger partial charge in [0.25, 0.3) is 5.56 Å². The van der Waals surface area contributed by atoms with Gasteiger partial charge in [0.2, 0.25) is 10.0 Å². The Balaban J connectivity index is 1.97. The SMILES string of the molecule is COC(=O)Cc1[nH]n(-c2ccc(OC)cc2)c(=O)c1C(C)=NCc1ccc(S(N)(=O)=O)cc1. The number of nitrogens with zero attached hydrogens (tertiary/aromatic N) is 2. The standard InChI is InChI=1S/C22H24N4O6S/c1-14(24-13-15-4-10-18(11-5-15)33(23,29)30)21-19(12-20(27)32-3)25-26(22(21)28)16-6-8-17(31-2)9-7-16/h4-11,25H,12-13H2,1-3H3,(H2,23,29,30). The van der Waals surface area contributed by atoms with Crippen LogP contribution in [0.5, 0.6) is 5.75 Å². The summed E-state index contributed by atoms with van der Waals surface area (Å²) >= 11 is 0. The van der Waals surface area contributed by atoms with Crippen LogP contribution in [-0.4, -0.2) is 44.1 Å². The molecule has 0 aliphatic carbocycles. The molecule has 0 fully saturated rings. The highest BCUT2D eigenvalue weighted by molar-refractivity contribution is 7.89. The summed E-state index contributed by atoms with van der Waals surface area (Å²) in [6.45, 7) is 1.87. The van der Waals surface area contributed by atoms with Gasteiger partial charge >= 0.3 is 5.97 Å². The molecule has 2 aromatic carbocycles. The van der Waals surface area contributed by atoms with E-state index >= 15 is 0 Å². The van der Waals surface area contributed by atoms with E-state index in [1.54, 1.807) is 50.4 Å². The molecule has 0 aliphatic heterocycles. The lowest BCUT2D eigenvalue weighted by molar-refractivity contribution is -0.139. The van der Waals surface area contributed by atoms with E-state index in [0.29, 0.717) is 22.8 Å². The first-order chi connectivity index (χ1) is 15.6. The van der Waals surface area contributed by atoms with Crippen LogP contribution in [0.25, 0.3) is 5.69 Å². The largest absolute Gasteiger partial charge is 0.497 e. The molecule has 1 aromatic heterocycles. The van der Waals surface area contributed by atoms with Gasteiger partial charge in [0.1, 0.15) is 5.75 Å². The van der Waals surface area contributed by atoms with Crippen LogP contribution in [0.15, 0.2) is 63.2 Å². The van der Waals surface area contributed by atoms with Crippen LogP contribution in [0.1, 0.15) is 23.7 Å². The lowest BCUT2D eigenvalue weighted by Crippen LogP contribution is -2.20. The number of benzene rings is 2. The molecule has 1 heterocycles. The number of aromatic amines is 1. The molecule has 0 radical (unpaired) electrons. The van der Waals surface area contributed by atoms with Gasteiger partial charge in [0, 0.05) is 5.71 Å². The molecule has 3 aromatic rings. The van der Waals surface area contributed by atoms with Gasteiger partial charge in [-0.15, -0.1) is 0 Å². The third-order valence-corrected chi connectivity index (χ3v) is 5.89. The summed E-state index contributed by atoms with van der Waals surface area (Å²) in [5, 5.41) is 8.09. The number of aliphatic imine (C=N–C) groups is 1. The number of nitrogens with one attached hydrogen (secondary N) is 1. The van der Waals surface area contributed by atoms with Crippen LogP contribution in [0.3, 0.4) is 0 Å². The smallest absolute Gasteiger partial charge is 0.311 e. The highest BCUT2D eigenvalue weighted by Gasteiger charge is 2.20. The molecule has 0 saturated carbocycles. The average Bonchev–Trinajstić information content (AvgIpc) is 3.12. The molecular formula is C22H24N4O6S. The number of rotatable bonds is 8. The number of esters is 1. The maximum atomic E-state index is 13.2. The number of hydrogen-bond acceptors (Lipinski definition) is 7. The Bertz CT molecular complexity index is 1340. The van der Waals surface area contributed by atoms with E-state index in [0.717, 1.165) is 5.56 Å². The van der Waals surface area contributed by atoms with Gasteiger partial charge in [0.05, 0.1) is 49.0 Å². The van der Waals surface area contributed by atoms with Gasteiger partial charge in [-0.2, -0.15) is 0 Å². The second kappa shape index (κ2) is 9.84. The third kappa shape index (κ3) is 5.57. The molecule has 0 bridgehead atoms. The Morgan fingerprint density at radius 3 is 2.27 bits per heavy atom. The Morgan fingerprint density at radius 2 is 1.73 bits per heavy atom. The van der Waals surface area contributed by atoms with Crippen molar-refractivity contribution in [1.82, 2.24) is 9.78 Å². The highest BCUT2D eigenvalue weighted by Crippen LogP contribution is 2.16. The summed E-state index contributed by atoms with van der Waals surface area (Å²) in [6, 6.07) is 12.8. The maximum Gasteiger partial charge on any atom is 0.311 e. The van der Waals surface area contributed by atoms with Crippen molar-refractivity contribution >= 4 is 21.7 Å². The third-order valence-electron chi connectivity index (χ3n) is 4.96. The van der Waals surface area contributed by atoms with Crippen LogP contribution in [0.2, 0.25) is 0 Å². The zero-order chi connectivity index (χ0) is 24.2. The van der Waals surface area contributed by atoms with Crippen LogP contribution in [-0.2, 0) is 32.5 Å². The molecular weight excluding hydrogens is 448 g/mol. The van der Waals surface area contributed by atoms with Crippen molar-refractivity contribution in [3.8, 4) is 11.4 Å². The number of H-pyrrole nitrogens is 1. The molecule has 174 valence electrons. The van der Waals surface area contributed by atoms with Gasteiger partial charge < -0.3 is 9.47 Å². The highest BCUT2D eigenvalue weighted by atomic mass is 32.2. The number of carbonyl (C=O) groups excluding carboxylic acids is 1. The monoisotopic (exact) mass is 472 g/mol. The van der Waals surface area contributed by atoms with E-state index in [-0.39, 0.29) is 29.0 Å². The van der Waals surface area contributed by atoms with Crippen LogP contribution >= 0.6 is 0 Å². The van der Waals surface area contributed by atoms with Crippen molar-refractivity contribution in [3.05, 3.63) is 75.7 Å². The molecule has 0 amide bonds. The summed E-state index contributed by atoms with van der Waals surface area (Å²) in [6.07, 6.45) is -0.139. The second-order valence-corrected chi connectivity index (χ2v) is 8.71. The minimum Gasteiger partial charge on any atom is -0.497 e. The Labute approximate surface area is 190 Å². The molecule has 3 N–H and O–H groups in total. The van der Waals surface area contributed by atoms with Crippen molar-refractivity contribution in [1.29, 1.82) is 0 Å². The van der Waals surface area contributed by atoms with E-state index in [2.05, 4.69) is 10.1 Å². The molecule has 0 unspecified atom stereocenters. The summed E-state index contributed by atoms with van der Waals surface area (Å²) in [5.74, 6) is 0.130. The van der Waals surface area contributed by atoms with E-state index in [1.807, 2.05) is 0 Å². The molecule has 11 heteroatoms. The Kier molecular flexibility index (Phi) is 7.14. The lowest BCUT2D eigenvalue weighted by atomic mass is 10.1. The number of aromatic nitrogens is 2. The van der Waals surface area contributed by atoms with Crippen LogP contribution in [0.4, 0.5) is 0 Å². The quantitative estimate of drug-likeness (QED) is 0.376. The molecule has 3 rings (SSSR count). The van der Waals surface area contributed by atoms with E-state index < -0.39 is 16.0 Å². The molecule has 0 aliphatic rings. The first-order valence-corrected chi connectivity index (χ1v) is 11.4. The fraction of sp³-hybridized carbons (Fsp3) is 0.227. The Morgan fingerprint density at radius 1 is 1.09 bits per heavy atom. The minimum absolute atomic E-state index is 0.000304. The van der Waals surface area contributed by atoms with Crippen molar-refractivity contribution < 1.29 is 22.7 Å². The summed E-state index contributed by atoms with van der Waals surface area (Å²) < 4.78 is 34.0. The van der Waals surface area contributed by atoms with Crippen molar-refractivity contribution in [3.63, 3.8) is 0 Å². The predicted molar refractivity (Wildman–Crippen MR) is 122 cm³/mol. The van der Waals surface area contributed by atoms with Gasteiger partial charge in [-0.3, -0.25) is 19.7 Å². The maximum absolute atomic E-state index is 13.2. The minimum atomic E-state index is -3.78. The van der Waals surface area contributed by atoms with E-state index in [9.17, 15) is 18.0 Å². The zero-order valence-electron chi connectivity index (χ0n) is 18.4. The summed E-state index contributed by atoms with van der Waals surface area (Å²) in [5.41, 5.74) is 1.96. The normalized spacial score (nSPS) is 11.9. The van der Waals surface area contributed by atoms with Gasteiger partial charge in [-0.05, 0) is 48.9 Å². The number of nitrogens with two attached hydrogens (primary N) is 1. The summed E-state index contributed by atoms with van der Waals surface area (Å²) in [4.78, 5) is 29.6. The number of methoxy groups -OCH3 is 2. The number of primary sulfonamides is 1. The predicted octanol–water partition coefficient (Wildman–Crippen LogP) is 1.55. The number of sulfonamides is 1. The van der Waals surface area contributed by atoms with Crippen molar-refractivity contribution in [2.45, 2.75) is 24.8 Å². The molecule has 0 saturated heterocycles. The second-order valence-electron chi connectivity index (χ2n) is 7.15. The van der Waals surface area contributed by atoms with Crippen molar-refractivity contribution in [2.24, 2.45) is 10.1 Å². The van der Waals surface area contributed by atoms with Gasteiger partial charge in [-0.1, -0.05) is 12.1 Å².